The van der Waals surface area contributed by atoms with Gasteiger partial charge in [-0.15, -0.1) is 0 Å². The monoisotopic (exact) mass is 325 g/mol. The summed E-state index contributed by atoms with van der Waals surface area (Å²) in [4.78, 5) is 13.6. The normalized spacial score (nSPS) is 21.9. The van der Waals surface area contributed by atoms with Crippen molar-refractivity contribution in [2.24, 2.45) is 5.41 Å². The molecule has 1 N–H and O–H groups in total. The summed E-state index contributed by atoms with van der Waals surface area (Å²) in [5.41, 5.74) is -0.245. The van der Waals surface area contributed by atoms with Gasteiger partial charge in [-0.1, -0.05) is 6.92 Å². The summed E-state index contributed by atoms with van der Waals surface area (Å²) in [6, 6.07) is 2.93. The average molecular weight is 325 g/mol. The van der Waals surface area contributed by atoms with Crippen LogP contribution >= 0.6 is 0 Å². The molecule has 23 heavy (non-hydrogen) atoms. The lowest BCUT2D eigenvalue weighted by molar-refractivity contribution is -0.153. The van der Waals surface area contributed by atoms with Crippen LogP contribution in [0.15, 0.2) is 12.1 Å². The number of carboxylic acids is 1. The Bertz CT molecular complexity index is 578. The zero-order chi connectivity index (χ0) is 17.0. The van der Waals surface area contributed by atoms with Gasteiger partial charge in [0, 0.05) is 24.7 Å². The summed E-state index contributed by atoms with van der Waals surface area (Å²) >= 11 is 0. The smallest absolute Gasteiger partial charge is 0.310 e. The summed E-state index contributed by atoms with van der Waals surface area (Å²) in [5.74, 6) is -0.315. The van der Waals surface area contributed by atoms with Crippen LogP contribution in [-0.4, -0.2) is 43.3 Å². The number of hydrogen-bond donors (Lipinski definition) is 1. The Morgan fingerprint density at radius 2 is 2.00 bits per heavy atom. The highest BCUT2D eigenvalue weighted by molar-refractivity contribution is 5.75. The Morgan fingerprint density at radius 3 is 2.57 bits per heavy atom. The van der Waals surface area contributed by atoms with Crippen molar-refractivity contribution < 1.29 is 23.8 Å². The van der Waals surface area contributed by atoms with Crippen LogP contribution in [0.4, 0.5) is 4.39 Å². The molecule has 1 fully saturated rings. The maximum absolute atomic E-state index is 14.3. The van der Waals surface area contributed by atoms with E-state index in [9.17, 15) is 14.3 Å². The van der Waals surface area contributed by atoms with Crippen LogP contribution < -0.4 is 9.47 Å². The van der Waals surface area contributed by atoms with Crippen LogP contribution in [0.3, 0.4) is 0 Å². The first-order valence-corrected chi connectivity index (χ1v) is 7.82. The van der Waals surface area contributed by atoms with E-state index in [1.807, 2.05) is 11.8 Å². The highest BCUT2D eigenvalue weighted by atomic mass is 19.1. The Morgan fingerprint density at radius 1 is 1.35 bits per heavy atom. The Labute approximate surface area is 136 Å². The molecule has 6 heteroatoms. The molecule has 0 aromatic heterocycles. The van der Waals surface area contributed by atoms with Gasteiger partial charge >= 0.3 is 5.97 Å². The van der Waals surface area contributed by atoms with Gasteiger partial charge in [0.1, 0.15) is 5.82 Å². The number of hydrogen-bond acceptors (Lipinski definition) is 4. The first-order valence-electron chi connectivity index (χ1n) is 7.82. The standard InChI is InChI=1S/C17H24FNO4/c1-4-17(16(20)21)6-5-7-19(11-17)10-12-8-14(22-2)15(23-3)9-13(12)18/h8-9H,4-7,10-11H2,1-3H3,(H,20,21)/t17-/m1/s1. The molecule has 1 saturated heterocycles. The Balaban J connectivity index is 2.20. The molecular formula is C17H24FNO4. The van der Waals surface area contributed by atoms with E-state index in [0.717, 1.165) is 13.0 Å². The van der Waals surface area contributed by atoms with Crippen molar-refractivity contribution in [3.63, 3.8) is 0 Å². The number of carboxylic acid groups (broad SMARTS) is 1. The van der Waals surface area contributed by atoms with Gasteiger partial charge in [-0.05, 0) is 31.9 Å². The molecule has 1 aromatic rings. The van der Waals surface area contributed by atoms with Crippen molar-refractivity contribution in [3.8, 4) is 11.5 Å². The summed E-state index contributed by atoms with van der Waals surface area (Å²) in [6.07, 6.45) is 2.05. The third-order valence-corrected chi connectivity index (χ3v) is 4.73. The van der Waals surface area contributed by atoms with Crippen molar-refractivity contribution in [1.29, 1.82) is 0 Å². The second kappa shape index (κ2) is 7.17. The first-order chi connectivity index (χ1) is 11.0. The molecule has 1 aliphatic heterocycles. The maximum Gasteiger partial charge on any atom is 0.310 e. The lowest BCUT2D eigenvalue weighted by Gasteiger charge is -2.39. The fourth-order valence-electron chi connectivity index (χ4n) is 3.23. The molecule has 0 bridgehead atoms. The Hall–Kier alpha value is -1.82. The van der Waals surface area contributed by atoms with Crippen molar-refractivity contribution in [3.05, 3.63) is 23.5 Å². The SMILES string of the molecule is CC[C@@]1(C(=O)O)CCCN(Cc2cc(OC)c(OC)cc2F)C1. The maximum atomic E-state index is 14.3. The number of rotatable bonds is 6. The number of carbonyl (C=O) groups is 1. The largest absolute Gasteiger partial charge is 0.493 e. The molecule has 1 heterocycles. The lowest BCUT2D eigenvalue weighted by Crippen LogP contribution is -2.47. The number of halogens is 1. The van der Waals surface area contributed by atoms with Crippen molar-refractivity contribution in [2.45, 2.75) is 32.7 Å². The lowest BCUT2D eigenvalue weighted by atomic mass is 9.77. The molecule has 1 atom stereocenters. The highest BCUT2D eigenvalue weighted by Crippen LogP contribution is 2.35. The van der Waals surface area contributed by atoms with E-state index in [0.29, 0.717) is 43.0 Å². The van der Waals surface area contributed by atoms with E-state index in [1.54, 1.807) is 6.07 Å². The van der Waals surface area contributed by atoms with Crippen LogP contribution in [-0.2, 0) is 11.3 Å². The molecular weight excluding hydrogens is 301 g/mol. The Kier molecular flexibility index (Phi) is 5.46. The van der Waals surface area contributed by atoms with E-state index < -0.39 is 11.4 Å². The van der Waals surface area contributed by atoms with E-state index in [2.05, 4.69) is 0 Å². The third kappa shape index (κ3) is 3.58. The number of benzene rings is 1. The topological polar surface area (TPSA) is 59.0 Å². The van der Waals surface area contributed by atoms with Crippen molar-refractivity contribution in [1.82, 2.24) is 4.90 Å². The minimum atomic E-state index is -0.766. The average Bonchev–Trinajstić information content (AvgIpc) is 2.56. The molecule has 5 nitrogen and oxygen atoms in total. The van der Waals surface area contributed by atoms with Gasteiger partial charge in [-0.2, -0.15) is 0 Å². The fraction of sp³-hybridized carbons (Fsp3) is 0.588. The van der Waals surface area contributed by atoms with Crippen LogP contribution in [0, 0.1) is 11.2 Å². The number of methoxy groups -OCH3 is 2. The highest BCUT2D eigenvalue weighted by Gasteiger charge is 2.40. The molecule has 0 amide bonds. The van der Waals surface area contributed by atoms with Crippen LogP contribution in [0.5, 0.6) is 11.5 Å². The molecule has 1 aromatic carbocycles. The van der Waals surface area contributed by atoms with Gasteiger partial charge in [0.2, 0.25) is 0 Å². The van der Waals surface area contributed by atoms with Crippen molar-refractivity contribution in [2.75, 3.05) is 27.3 Å². The van der Waals surface area contributed by atoms with Crippen molar-refractivity contribution >= 4 is 5.97 Å². The fourth-order valence-corrected chi connectivity index (χ4v) is 3.23. The predicted molar refractivity (Wildman–Crippen MR) is 84.4 cm³/mol. The second-order valence-electron chi connectivity index (χ2n) is 6.05. The van der Waals surface area contributed by atoms with E-state index >= 15 is 0 Å². The van der Waals surface area contributed by atoms with Gasteiger partial charge in [0.05, 0.1) is 19.6 Å². The zero-order valence-corrected chi connectivity index (χ0v) is 13.9. The number of likely N-dealkylation sites (tertiary alicyclic amines) is 1. The van der Waals surface area contributed by atoms with Crippen LogP contribution in [0.1, 0.15) is 31.7 Å². The first kappa shape index (κ1) is 17.5. The molecule has 0 unspecified atom stereocenters. The van der Waals surface area contributed by atoms with Crippen LogP contribution in [0.25, 0.3) is 0 Å². The summed E-state index contributed by atoms with van der Waals surface area (Å²) < 4.78 is 24.6. The van der Waals surface area contributed by atoms with Crippen LogP contribution in [0.2, 0.25) is 0 Å². The predicted octanol–water partition coefficient (Wildman–Crippen LogP) is 2.92. The summed E-state index contributed by atoms with van der Waals surface area (Å²) in [7, 11) is 2.97. The summed E-state index contributed by atoms with van der Waals surface area (Å²) in [5, 5.41) is 9.54. The quantitative estimate of drug-likeness (QED) is 0.871. The number of aliphatic carboxylic acids is 1. The zero-order valence-electron chi connectivity index (χ0n) is 13.9. The molecule has 0 saturated carbocycles. The number of piperidine rings is 1. The van der Waals surface area contributed by atoms with E-state index in [4.69, 9.17) is 9.47 Å². The van der Waals surface area contributed by atoms with Gasteiger partial charge < -0.3 is 14.6 Å². The van der Waals surface area contributed by atoms with Gasteiger partial charge in [-0.3, -0.25) is 9.69 Å². The molecule has 1 aliphatic rings. The minimum absolute atomic E-state index is 0.348. The van der Waals surface area contributed by atoms with Gasteiger partial charge in [-0.25, -0.2) is 4.39 Å². The second-order valence-corrected chi connectivity index (χ2v) is 6.05. The van der Waals surface area contributed by atoms with Gasteiger partial charge in [0.25, 0.3) is 0 Å². The minimum Gasteiger partial charge on any atom is -0.493 e. The number of nitrogens with zero attached hydrogens (tertiary/aromatic N) is 1. The van der Waals surface area contributed by atoms with E-state index in [-0.39, 0.29) is 5.82 Å². The van der Waals surface area contributed by atoms with Gasteiger partial charge in [0.15, 0.2) is 11.5 Å². The molecule has 0 spiro atoms. The van der Waals surface area contributed by atoms with E-state index in [1.165, 1.54) is 20.3 Å². The number of ether oxygens (including phenoxy) is 2. The molecule has 128 valence electrons. The summed E-state index contributed by atoms with van der Waals surface area (Å²) in [6.45, 7) is 3.46. The molecule has 0 aliphatic carbocycles. The molecule has 0 radical (unpaired) electrons. The molecule has 2 rings (SSSR count). The third-order valence-electron chi connectivity index (χ3n) is 4.73.